The molecule has 23 nitrogen and oxygen atoms in total. The zero-order valence-corrected chi connectivity index (χ0v) is 51.5. The van der Waals surface area contributed by atoms with E-state index in [9.17, 15) is 37.5 Å². The van der Waals surface area contributed by atoms with Crippen LogP contribution in [0.2, 0.25) is 0 Å². The molecule has 4 atom stereocenters. The van der Waals surface area contributed by atoms with E-state index in [4.69, 9.17) is 5.11 Å². The molecular weight excluding hydrogens is 1290 g/mol. The number of carboxylic acid groups (broad SMARTS) is 1. The van der Waals surface area contributed by atoms with E-state index in [2.05, 4.69) is 120 Å². The highest BCUT2D eigenvalue weighted by Crippen LogP contribution is 2.30. The third kappa shape index (κ3) is 16.7. The van der Waals surface area contributed by atoms with Crippen LogP contribution in [0.1, 0.15) is 70.7 Å². The van der Waals surface area contributed by atoms with Gasteiger partial charge in [-0.15, -0.1) is 12.4 Å². The van der Waals surface area contributed by atoms with Crippen molar-refractivity contribution in [1.29, 1.82) is 0 Å². The largest absolute Gasteiger partial charge is 0.480 e. The third-order valence-electron chi connectivity index (χ3n) is 12.5. The van der Waals surface area contributed by atoms with Crippen LogP contribution in [-0.4, -0.2) is 142 Å². The highest BCUT2D eigenvalue weighted by molar-refractivity contribution is 9.10. The van der Waals surface area contributed by atoms with E-state index >= 15 is 0 Å². The number of benzene rings is 2. The van der Waals surface area contributed by atoms with Gasteiger partial charge in [0.2, 0.25) is 17.7 Å². The molecule has 2 aromatic carbocycles. The van der Waals surface area contributed by atoms with Gasteiger partial charge in [-0.25, -0.2) is 38.7 Å². The normalized spacial score (nSPS) is 15.9. The molecule has 10 rings (SSSR count). The number of Topliss-reactive ketones (excluding diaryl/α,β-unsaturated/α-hetero) is 2. The van der Waals surface area contributed by atoms with Gasteiger partial charge in [-0.2, -0.15) is 23.7 Å². The van der Waals surface area contributed by atoms with Crippen molar-refractivity contribution in [3.05, 3.63) is 117 Å². The van der Waals surface area contributed by atoms with E-state index in [1.54, 1.807) is 70.7 Å². The Morgan fingerprint density at radius 3 is 1.51 bits per heavy atom. The summed E-state index contributed by atoms with van der Waals surface area (Å²) in [6, 6.07) is 9.27. The fraction of sp³-hybridized carbons (Fsp3) is 0.308. The summed E-state index contributed by atoms with van der Waals surface area (Å²) >= 11 is 13.8. The quantitative estimate of drug-likeness (QED) is 0.0876. The number of rotatable bonds is 12. The first-order valence-corrected chi connectivity index (χ1v) is 27.4. The smallest absolute Gasteiger partial charge is 0.325 e. The molecule has 31 heteroatoms. The number of aliphatic carboxylic acids is 1. The Morgan fingerprint density at radius 1 is 0.651 bits per heavy atom. The predicted octanol–water partition coefficient (Wildman–Crippen LogP) is 7.25. The Bertz CT molecular complexity index is 3700. The summed E-state index contributed by atoms with van der Waals surface area (Å²) in [6.45, 7) is 9.38. The molecule has 4 N–H and O–H groups in total. The molecule has 2 aliphatic heterocycles. The molecule has 2 aliphatic rings. The number of carboxylic acids is 1. The molecule has 0 spiro atoms. The summed E-state index contributed by atoms with van der Waals surface area (Å²) in [7, 11) is 0. The van der Waals surface area contributed by atoms with Crippen LogP contribution < -0.4 is 16.0 Å². The van der Waals surface area contributed by atoms with Crippen LogP contribution in [-0.2, 0) is 54.6 Å². The number of fused-ring (bicyclic) bond motifs is 2. The van der Waals surface area contributed by atoms with Gasteiger partial charge in [0.05, 0.1) is 47.4 Å². The number of ketones is 2. The van der Waals surface area contributed by atoms with E-state index in [-0.39, 0.29) is 99.6 Å². The van der Waals surface area contributed by atoms with Gasteiger partial charge in [0.25, 0.3) is 0 Å². The van der Waals surface area contributed by atoms with E-state index in [0.717, 1.165) is 27.9 Å². The van der Waals surface area contributed by atoms with Gasteiger partial charge in [-0.1, -0.05) is 12.1 Å². The molecular formula is C52H53Br2ClF2N16O7S3. The standard InChI is InChI=1S/C26H24BrFN8O3.C16H14N4O3.C10H12BrFN4O.ClH.S2.H2S/c1-13-25(27)32-22(10-29-13)33-26(39)21-7-18(28)11-35(21)23(38)12-36-20-5-4-16(17-8-30-15(3)31-9-17)6-19(20)24(34-36)14(2)37;1-9(21)16-13-5-11(12-6-17-10(2)18-7-12)3-4-14(13)20(19-16)8-15(22)23;1-5-9(11)15-8(4-13-5)16-10(17)7-2-6(12)3-14-7;;1-2;/h4-6,8-10,18,21H,7,11-12H2,1-3H3,(H,32,33,39);3-7H,8H2,1-2H3,(H,22,23);4,6-7,14H,2-3H2,1H3,(H,15,16,17);1H;;1H2/t18-,21+;;6-,7+;;;/m1.1.../s1. The Hall–Kier alpha value is -7.22. The Kier molecular flexibility index (Phi) is 23.9. The van der Waals surface area contributed by atoms with Crippen LogP contribution >= 0.6 is 57.8 Å². The topological polar surface area (TPSA) is 301 Å². The van der Waals surface area contributed by atoms with Crippen molar-refractivity contribution in [2.75, 3.05) is 23.7 Å². The number of carbonyl (C=O) groups is 6. The van der Waals surface area contributed by atoms with Crippen molar-refractivity contribution in [2.45, 2.75) is 91.9 Å². The van der Waals surface area contributed by atoms with E-state index in [1.165, 1.54) is 40.5 Å². The number of carbonyl (C=O) groups excluding carboxylic acids is 5. The number of alkyl halides is 2. The number of aryl methyl sites for hydroxylation is 4. The van der Waals surface area contributed by atoms with Gasteiger partial charge in [0.1, 0.15) is 63.7 Å². The average molecular weight is 1340 g/mol. The second-order valence-corrected chi connectivity index (χ2v) is 20.0. The van der Waals surface area contributed by atoms with Crippen LogP contribution in [0.4, 0.5) is 20.4 Å². The lowest BCUT2D eigenvalue weighted by atomic mass is 10.0. The lowest BCUT2D eigenvalue weighted by Crippen LogP contribution is -2.44. The van der Waals surface area contributed by atoms with Crippen LogP contribution in [0.3, 0.4) is 0 Å². The van der Waals surface area contributed by atoms with Crippen LogP contribution in [0.15, 0.2) is 82.8 Å². The number of halogens is 5. The van der Waals surface area contributed by atoms with Crippen molar-refractivity contribution in [3.63, 3.8) is 0 Å². The van der Waals surface area contributed by atoms with E-state index < -0.39 is 42.2 Å². The maximum absolute atomic E-state index is 14.4. The molecule has 6 aromatic heterocycles. The number of likely N-dealkylation sites (tertiary alicyclic amines) is 1. The fourth-order valence-electron chi connectivity index (χ4n) is 8.51. The van der Waals surface area contributed by atoms with Gasteiger partial charge < -0.3 is 26.0 Å². The molecule has 83 heavy (non-hydrogen) atoms. The first-order valence-electron chi connectivity index (χ1n) is 24.5. The zero-order chi connectivity index (χ0) is 58.8. The summed E-state index contributed by atoms with van der Waals surface area (Å²) in [5.74, 6) is -0.977. The molecule has 8 aromatic rings. The number of amides is 3. The maximum atomic E-state index is 14.4. The van der Waals surface area contributed by atoms with Gasteiger partial charge in [-0.05, 0) is 94.9 Å². The van der Waals surface area contributed by atoms with Crippen LogP contribution in [0.5, 0.6) is 0 Å². The van der Waals surface area contributed by atoms with Crippen LogP contribution in [0, 0.1) is 27.7 Å². The van der Waals surface area contributed by atoms with Crippen LogP contribution in [0.25, 0.3) is 44.1 Å². The lowest BCUT2D eigenvalue weighted by Gasteiger charge is -2.23. The molecule has 2 saturated heterocycles. The molecule has 2 fully saturated rings. The van der Waals surface area contributed by atoms with E-state index in [0.29, 0.717) is 54.2 Å². The first-order chi connectivity index (χ1) is 38.6. The minimum absolute atomic E-state index is 0. The number of aromatic nitrogens is 12. The minimum atomic E-state index is -1.36. The van der Waals surface area contributed by atoms with Crippen molar-refractivity contribution >= 4 is 149 Å². The molecule has 0 aliphatic carbocycles. The summed E-state index contributed by atoms with van der Waals surface area (Å²) < 4.78 is 31.1. The molecule has 0 unspecified atom stereocenters. The Balaban J connectivity index is 0.000000243. The van der Waals surface area contributed by atoms with Gasteiger partial charge in [-0.3, -0.25) is 48.1 Å². The summed E-state index contributed by atoms with van der Waals surface area (Å²) in [5, 5.41) is 26.7. The van der Waals surface area contributed by atoms with E-state index in [1.807, 2.05) is 18.2 Å². The molecule has 3 amide bonds. The van der Waals surface area contributed by atoms with Gasteiger partial charge in [0.15, 0.2) is 23.2 Å². The number of nitrogens with one attached hydrogen (secondary N) is 3. The lowest BCUT2D eigenvalue weighted by molar-refractivity contribution is -0.138. The van der Waals surface area contributed by atoms with Gasteiger partial charge in [0, 0.05) is 102 Å². The summed E-state index contributed by atoms with van der Waals surface area (Å²) in [6.07, 6.45) is 7.41. The monoisotopic (exact) mass is 1340 g/mol. The molecule has 0 saturated carbocycles. The molecule has 436 valence electrons. The number of anilines is 2. The SMILES string of the molecule is CC(=O)c1nn(CC(=O)N2C[C@H](F)C[C@H]2C(=O)Nc2cnc(C)c(Br)n2)c2ccc(-c3cnc(C)nc3)cc12.CC(=O)c1nn(CC(=O)O)c2ccc(-c3cnc(C)nc3)cc12.Cc1ncc(NC(=O)[C@@H]2C[C@@H](F)CN2)nc1Br.Cl.S.S=S. The van der Waals surface area contributed by atoms with Crippen molar-refractivity contribution in [3.8, 4) is 22.3 Å². The highest BCUT2D eigenvalue weighted by Gasteiger charge is 2.40. The second-order valence-electron chi connectivity index (χ2n) is 18.5. The maximum Gasteiger partial charge on any atom is 0.325 e. The zero-order valence-electron chi connectivity index (χ0n) is 44.9. The summed E-state index contributed by atoms with van der Waals surface area (Å²) in [5.41, 5.74) is 6.23. The predicted molar refractivity (Wildman–Crippen MR) is 324 cm³/mol. The molecule has 0 radical (unpaired) electrons. The second kappa shape index (κ2) is 29.8. The fourth-order valence-corrected chi connectivity index (χ4v) is 9.09. The van der Waals surface area contributed by atoms with Crippen molar-refractivity contribution < 1.29 is 42.7 Å². The van der Waals surface area contributed by atoms with Crippen molar-refractivity contribution in [1.82, 2.24) is 69.6 Å². The molecule has 0 bridgehead atoms. The first kappa shape index (κ1) is 66.6. The van der Waals surface area contributed by atoms with Gasteiger partial charge >= 0.3 is 5.97 Å². The third-order valence-corrected chi connectivity index (χ3v) is 14.0. The van der Waals surface area contributed by atoms with Crippen molar-refractivity contribution in [2.24, 2.45) is 0 Å². The molecule has 8 heterocycles. The Morgan fingerprint density at radius 2 is 1.10 bits per heavy atom. The summed E-state index contributed by atoms with van der Waals surface area (Å²) in [4.78, 5) is 108. The average Bonchev–Trinajstić information content (AvgIpc) is 3.04. The minimum Gasteiger partial charge on any atom is -0.480 e. The number of hydrogen-bond acceptors (Lipinski definition) is 19. The number of nitrogens with zero attached hydrogens (tertiary/aromatic N) is 13. The number of hydrogen-bond donors (Lipinski definition) is 4. The Labute approximate surface area is 512 Å². The highest BCUT2D eigenvalue weighted by atomic mass is 79.9.